The molecule has 0 radical (unpaired) electrons. The first kappa shape index (κ1) is 9.94. The molecule has 0 bridgehead atoms. The zero-order valence-electron chi connectivity index (χ0n) is 8.31. The zero-order valence-corrected chi connectivity index (χ0v) is 9.89. The molecule has 0 amide bonds. The number of rotatable bonds is 2. The van der Waals surface area contributed by atoms with Crippen LogP contribution in [0, 0.1) is 0 Å². The van der Waals surface area contributed by atoms with Crippen LogP contribution in [0.3, 0.4) is 0 Å². The summed E-state index contributed by atoms with van der Waals surface area (Å²) in [6.45, 7) is 0.967. The lowest BCUT2D eigenvalue weighted by atomic mass is 9.91. The molecule has 14 heavy (non-hydrogen) atoms. The molecule has 0 fully saturated rings. The average molecular weight is 252 g/mol. The third kappa shape index (κ3) is 1.91. The number of benzene rings is 1. The van der Waals surface area contributed by atoms with Crippen molar-refractivity contribution < 1.29 is 0 Å². The van der Waals surface area contributed by atoms with Gasteiger partial charge in [0.05, 0.1) is 0 Å². The lowest BCUT2D eigenvalue weighted by molar-refractivity contribution is 0.900. The minimum atomic E-state index is 0.967. The van der Waals surface area contributed by atoms with Crippen LogP contribution in [0.5, 0.6) is 0 Å². The van der Waals surface area contributed by atoms with E-state index < -0.39 is 0 Å². The van der Waals surface area contributed by atoms with Crippen LogP contribution in [0.25, 0.3) is 5.57 Å². The highest BCUT2D eigenvalue weighted by molar-refractivity contribution is 9.10. The summed E-state index contributed by atoms with van der Waals surface area (Å²) in [5.74, 6) is 0. The Hall–Kier alpha value is -0.600. The van der Waals surface area contributed by atoms with Gasteiger partial charge in [-0.05, 0) is 48.7 Å². The Kier molecular flexibility index (Phi) is 3.04. The lowest BCUT2D eigenvalue weighted by Gasteiger charge is -2.17. The molecule has 0 saturated carbocycles. The number of hydrogen-bond donors (Lipinski definition) is 1. The summed E-state index contributed by atoms with van der Waals surface area (Å²) in [5, 5.41) is 3.21. The number of likely N-dealkylation sites (N-methyl/N-ethyl adjacent to an activating group) is 1. The molecule has 1 nitrogen and oxygen atoms in total. The van der Waals surface area contributed by atoms with Crippen molar-refractivity contribution in [3.8, 4) is 0 Å². The number of fused-ring (bicyclic) bond motifs is 1. The van der Waals surface area contributed by atoms with E-state index in [2.05, 4.69) is 45.5 Å². The number of allylic oxidation sites excluding steroid dienone is 1. The highest BCUT2D eigenvalue weighted by Gasteiger charge is 2.11. The largest absolute Gasteiger partial charge is 0.316 e. The van der Waals surface area contributed by atoms with Crippen molar-refractivity contribution in [3.63, 3.8) is 0 Å². The van der Waals surface area contributed by atoms with Gasteiger partial charge >= 0.3 is 0 Å². The van der Waals surface area contributed by atoms with Gasteiger partial charge < -0.3 is 5.32 Å². The van der Waals surface area contributed by atoms with Crippen LogP contribution in [0.15, 0.2) is 28.7 Å². The molecule has 0 unspecified atom stereocenters. The summed E-state index contributed by atoms with van der Waals surface area (Å²) in [7, 11) is 1.99. The normalized spacial score (nSPS) is 14.9. The summed E-state index contributed by atoms with van der Waals surface area (Å²) in [5.41, 5.74) is 4.31. The van der Waals surface area contributed by atoms with Crippen LogP contribution in [-0.2, 0) is 6.42 Å². The highest BCUT2D eigenvalue weighted by Crippen LogP contribution is 2.28. The van der Waals surface area contributed by atoms with E-state index in [0.717, 1.165) is 6.54 Å². The second kappa shape index (κ2) is 4.28. The van der Waals surface area contributed by atoms with Crippen LogP contribution in [-0.4, -0.2) is 13.6 Å². The molecule has 1 aromatic carbocycles. The predicted octanol–water partition coefficient (Wildman–Crippen LogP) is 3.00. The van der Waals surface area contributed by atoms with E-state index in [1.54, 1.807) is 0 Å². The Bertz CT molecular complexity index is 369. The van der Waals surface area contributed by atoms with E-state index >= 15 is 0 Å². The first-order valence-electron chi connectivity index (χ1n) is 4.93. The lowest BCUT2D eigenvalue weighted by Crippen LogP contribution is -2.13. The van der Waals surface area contributed by atoms with Gasteiger partial charge in [0.25, 0.3) is 0 Å². The molecule has 74 valence electrons. The molecule has 1 aliphatic rings. The molecule has 1 aliphatic carbocycles. The fourth-order valence-corrected chi connectivity index (χ4v) is 2.36. The molecular weight excluding hydrogens is 238 g/mol. The van der Waals surface area contributed by atoms with E-state index in [1.807, 2.05) is 7.05 Å². The van der Waals surface area contributed by atoms with Crippen molar-refractivity contribution in [1.29, 1.82) is 0 Å². The van der Waals surface area contributed by atoms with Gasteiger partial charge in [0, 0.05) is 11.0 Å². The number of aryl methyl sites for hydroxylation is 1. The topological polar surface area (TPSA) is 12.0 Å². The van der Waals surface area contributed by atoms with Crippen molar-refractivity contribution in [2.75, 3.05) is 13.6 Å². The molecule has 0 spiro atoms. The smallest absolute Gasteiger partial charge is 0.0205 e. The highest BCUT2D eigenvalue weighted by atomic mass is 79.9. The number of nitrogens with one attached hydrogen (secondary N) is 1. The van der Waals surface area contributed by atoms with Gasteiger partial charge in [-0.15, -0.1) is 0 Å². The summed E-state index contributed by atoms with van der Waals surface area (Å²) >= 11 is 3.51. The molecule has 2 rings (SSSR count). The van der Waals surface area contributed by atoms with Gasteiger partial charge in [0.2, 0.25) is 0 Å². The summed E-state index contributed by atoms with van der Waals surface area (Å²) < 4.78 is 1.18. The van der Waals surface area contributed by atoms with Crippen molar-refractivity contribution in [2.24, 2.45) is 0 Å². The summed E-state index contributed by atoms with van der Waals surface area (Å²) in [6.07, 6.45) is 4.68. The minimum absolute atomic E-state index is 0.967. The van der Waals surface area contributed by atoms with Gasteiger partial charge in [-0.3, -0.25) is 0 Å². The van der Waals surface area contributed by atoms with Gasteiger partial charge in [-0.25, -0.2) is 0 Å². The van der Waals surface area contributed by atoms with Crippen LogP contribution >= 0.6 is 15.9 Å². The zero-order chi connectivity index (χ0) is 9.97. The second-order valence-corrected chi connectivity index (χ2v) is 4.52. The molecule has 1 N–H and O–H groups in total. The Balaban J connectivity index is 2.38. The molecule has 2 heteroatoms. The van der Waals surface area contributed by atoms with Gasteiger partial charge in [-0.2, -0.15) is 0 Å². The second-order valence-electron chi connectivity index (χ2n) is 3.60. The predicted molar refractivity (Wildman–Crippen MR) is 64.4 cm³/mol. The quantitative estimate of drug-likeness (QED) is 0.853. The number of hydrogen-bond acceptors (Lipinski definition) is 1. The van der Waals surface area contributed by atoms with E-state index in [0.29, 0.717) is 0 Å². The summed E-state index contributed by atoms with van der Waals surface area (Å²) in [4.78, 5) is 0. The molecule has 1 aromatic rings. The Morgan fingerprint density at radius 2 is 2.29 bits per heavy atom. The molecule has 0 heterocycles. The van der Waals surface area contributed by atoms with Crippen LogP contribution in [0.2, 0.25) is 0 Å². The van der Waals surface area contributed by atoms with Crippen molar-refractivity contribution in [3.05, 3.63) is 39.9 Å². The number of halogens is 1. The van der Waals surface area contributed by atoms with E-state index in [4.69, 9.17) is 0 Å². The van der Waals surface area contributed by atoms with Crippen molar-refractivity contribution in [2.45, 2.75) is 12.8 Å². The summed E-state index contributed by atoms with van der Waals surface area (Å²) in [6, 6.07) is 6.56. The van der Waals surface area contributed by atoms with Crippen LogP contribution in [0.1, 0.15) is 17.5 Å². The van der Waals surface area contributed by atoms with Crippen LogP contribution in [0.4, 0.5) is 0 Å². The Morgan fingerprint density at radius 3 is 3.07 bits per heavy atom. The third-order valence-electron chi connectivity index (χ3n) is 2.58. The average Bonchev–Trinajstić information content (AvgIpc) is 2.18. The van der Waals surface area contributed by atoms with Gasteiger partial charge in [0.15, 0.2) is 0 Å². The third-order valence-corrected chi connectivity index (χ3v) is 3.08. The fourth-order valence-electron chi connectivity index (χ4n) is 1.95. The molecule has 0 atom stereocenters. The first-order valence-corrected chi connectivity index (χ1v) is 5.73. The maximum atomic E-state index is 3.51. The Morgan fingerprint density at radius 1 is 1.43 bits per heavy atom. The molecule has 0 aliphatic heterocycles. The minimum Gasteiger partial charge on any atom is -0.316 e. The van der Waals surface area contributed by atoms with Crippen molar-refractivity contribution >= 4 is 21.5 Å². The SMILES string of the molecule is CNCC1=CCCc2cc(Br)ccc21. The molecular formula is C12H14BrN. The van der Waals surface area contributed by atoms with E-state index in [9.17, 15) is 0 Å². The standard InChI is InChI=1S/C12H14BrN/c1-14-8-10-4-2-3-9-7-11(13)5-6-12(9)10/h4-7,14H,2-3,8H2,1H3. The van der Waals surface area contributed by atoms with Crippen molar-refractivity contribution in [1.82, 2.24) is 5.32 Å². The maximum absolute atomic E-state index is 3.51. The molecule has 0 saturated heterocycles. The monoisotopic (exact) mass is 251 g/mol. The van der Waals surface area contributed by atoms with Gasteiger partial charge in [-0.1, -0.05) is 28.1 Å². The van der Waals surface area contributed by atoms with Gasteiger partial charge in [0.1, 0.15) is 0 Å². The Labute approximate surface area is 93.3 Å². The first-order chi connectivity index (χ1) is 6.81. The van der Waals surface area contributed by atoms with E-state index in [-0.39, 0.29) is 0 Å². The van der Waals surface area contributed by atoms with Crippen LogP contribution < -0.4 is 5.32 Å². The maximum Gasteiger partial charge on any atom is 0.0205 e. The molecule has 0 aromatic heterocycles. The fraction of sp³-hybridized carbons (Fsp3) is 0.333. The van der Waals surface area contributed by atoms with E-state index in [1.165, 1.54) is 34.0 Å².